The molecule has 1 saturated heterocycles. The van der Waals surface area contributed by atoms with Crippen molar-refractivity contribution in [3.8, 4) is 33.6 Å². The van der Waals surface area contributed by atoms with Crippen molar-refractivity contribution in [3.63, 3.8) is 0 Å². The first kappa shape index (κ1) is 37.4. The van der Waals surface area contributed by atoms with Crippen LogP contribution in [0.5, 0.6) is 0 Å². The summed E-state index contributed by atoms with van der Waals surface area (Å²) >= 11 is 0. The molecule has 6 heterocycles. The lowest BCUT2D eigenvalue weighted by molar-refractivity contribution is -0.137. The van der Waals surface area contributed by atoms with E-state index in [-0.39, 0.29) is 61.3 Å². The van der Waals surface area contributed by atoms with E-state index in [0.717, 1.165) is 67.6 Å². The number of carbonyl (C=O) groups excluding carboxylic acids is 5. The summed E-state index contributed by atoms with van der Waals surface area (Å²) < 4.78 is 1.68. The summed E-state index contributed by atoms with van der Waals surface area (Å²) in [6, 6.07) is 22.4. The highest BCUT2D eigenvalue weighted by molar-refractivity contribution is 6.07. The van der Waals surface area contributed by atoms with E-state index in [1.54, 1.807) is 36.1 Å². The molecule has 14 heteroatoms. The van der Waals surface area contributed by atoms with E-state index in [9.17, 15) is 24.0 Å². The number of aryl methyl sites for hydroxylation is 2. The number of hydrogen-bond acceptors (Lipinski definition) is 9. The Balaban J connectivity index is 0.900. The average molecular weight is 788 g/mol. The first-order valence-corrected chi connectivity index (χ1v) is 19.7. The molecular weight excluding hydrogens is 747 g/mol. The molecule has 2 atom stereocenters. The Labute approximate surface area is 339 Å². The Bertz CT molecular complexity index is 2740. The molecule has 0 spiro atoms. The molecule has 4 N–H and O–H groups in total. The third-order valence-electron chi connectivity index (χ3n) is 11.4. The van der Waals surface area contributed by atoms with Crippen molar-refractivity contribution in [2.24, 2.45) is 7.05 Å². The number of nitrogens with zero attached hydrogens (tertiary/aromatic N) is 5. The number of anilines is 2. The van der Waals surface area contributed by atoms with Crippen molar-refractivity contribution in [2.75, 3.05) is 10.6 Å². The molecule has 14 nitrogen and oxygen atoms in total. The van der Waals surface area contributed by atoms with Crippen LogP contribution in [0.4, 0.5) is 11.4 Å². The van der Waals surface area contributed by atoms with Gasteiger partial charge in [-0.15, -0.1) is 0 Å². The van der Waals surface area contributed by atoms with Crippen LogP contribution in [-0.4, -0.2) is 66.3 Å². The minimum atomic E-state index is -0.713. The molecule has 296 valence electrons. The van der Waals surface area contributed by atoms with Gasteiger partial charge in [0.15, 0.2) is 0 Å². The van der Waals surface area contributed by atoms with E-state index in [2.05, 4.69) is 45.3 Å². The van der Waals surface area contributed by atoms with Gasteiger partial charge in [0, 0.05) is 72.5 Å². The molecule has 0 saturated carbocycles. The minimum Gasteiger partial charge on any atom is -0.380 e. The van der Waals surface area contributed by atoms with Crippen LogP contribution >= 0.6 is 0 Å². The van der Waals surface area contributed by atoms with Crippen LogP contribution in [0.1, 0.15) is 70.8 Å². The van der Waals surface area contributed by atoms with Gasteiger partial charge in [0.05, 0.1) is 35.0 Å². The maximum absolute atomic E-state index is 13.4. The largest absolute Gasteiger partial charge is 0.380 e. The second-order valence-corrected chi connectivity index (χ2v) is 15.3. The Morgan fingerprint density at radius 1 is 0.864 bits per heavy atom. The van der Waals surface area contributed by atoms with Crippen LogP contribution in [0.3, 0.4) is 0 Å². The van der Waals surface area contributed by atoms with Gasteiger partial charge in [-0.2, -0.15) is 5.10 Å². The van der Waals surface area contributed by atoms with Gasteiger partial charge in [-0.05, 0) is 84.3 Å². The van der Waals surface area contributed by atoms with E-state index >= 15 is 0 Å². The van der Waals surface area contributed by atoms with Crippen LogP contribution in [-0.2, 0) is 40.9 Å². The number of nitrogens with one attached hydrogen (secondary N) is 4. The smallest absolute Gasteiger partial charge is 0.270 e. The van der Waals surface area contributed by atoms with Crippen molar-refractivity contribution in [1.29, 1.82) is 0 Å². The van der Waals surface area contributed by atoms with E-state index < -0.39 is 11.9 Å². The molecule has 1 unspecified atom stereocenters. The van der Waals surface area contributed by atoms with Crippen molar-refractivity contribution >= 4 is 51.7 Å². The first-order valence-electron chi connectivity index (χ1n) is 19.7. The van der Waals surface area contributed by atoms with Gasteiger partial charge in [-0.25, -0.2) is 0 Å². The van der Waals surface area contributed by atoms with Gasteiger partial charge in [-0.3, -0.25) is 43.9 Å². The summed E-state index contributed by atoms with van der Waals surface area (Å²) in [5.41, 5.74) is 9.93. The number of benzene rings is 3. The Morgan fingerprint density at radius 2 is 1.68 bits per heavy atom. The van der Waals surface area contributed by atoms with E-state index in [4.69, 9.17) is 10.1 Å². The zero-order chi connectivity index (χ0) is 40.9. The van der Waals surface area contributed by atoms with Crippen molar-refractivity contribution < 1.29 is 24.0 Å². The van der Waals surface area contributed by atoms with Crippen molar-refractivity contribution in [3.05, 3.63) is 113 Å². The number of carbonyl (C=O) groups is 5. The minimum absolute atomic E-state index is 0.0119. The molecule has 59 heavy (non-hydrogen) atoms. The van der Waals surface area contributed by atoms with Crippen LogP contribution in [0.2, 0.25) is 0 Å². The van der Waals surface area contributed by atoms with Crippen LogP contribution in [0.15, 0.2) is 85.2 Å². The molecule has 0 bridgehead atoms. The molecule has 3 aliphatic rings. The molecular formula is C45H41N9O5. The zero-order valence-corrected chi connectivity index (χ0v) is 32.8. The average Bonchev–Trinajstić information content (AvgIpc) is 3.73. The summed E-state index contributed by atoms with van der Waals surface area (Å²) in [5.74, 6) is -1.41. The standard InChI is InChI=1S/C45H41N9O5/c1-4-25-16-32(42-38(17-25)50-41(56)15-24(2)49-42)29-8-5-7-26-18-36(47-22-33(26)29)27-11-12-35(46-20-27)43(57)48-21-28-19-37(52-53(28)3)30-9-6-10-31-34(30)23-54(45(31)59)39-13-14-40(55)51-44(39)58/h5-12,16-20,22,24,39,49H,4,13-15,21,23H2,1-3H3,(H,48,57)(H,50,56)(H,51,55,58)/t24-,39?/m1/s1. The Hall–Kier alpha value is -7.22. The summed E-state index contributed by atoms with van der Waals surface area (Å²) in [4.78, 5) is 74.3. The number of imide groups is 1. The van der Waals surface area contributed by atoms with Crippen LogP contribution < -0.4 is 21.3 Å². The monoisotopic (exact) mass is 787 g/mol. The summed E-state index contributed by atoms with van der Waals surface area (Å²) in [7, 11) is 1.79. The van der Waals surface area contributed by atoms with E-state index in [1.807, 2.05) is 55.6 Å². The highest BCUT2D eigenvalue weighted by atomic mass is 16.2. The SMILES string of the molecule is CCc1cc2c(c(-c3cccc4cc(-c5ccc(C(=O)NCc6cc(-c7cccc8c7CN(C7CCC(=O)NC7=O)C8=O)nn6C)nc5)ncc34)c1)N[C@H](C)CC(=O)N2. The van der Waals surface area contributed by atoms with Gasteiger partial charge in [0.25, 0.3) is 11.8 Å². The summed E-state index contributed by atoms with van der Waals surface area (Å²) in [6.45, 7) is 4.51. The number of aromatic nitrogens is 4. The third kappa shape index (κ3) is 6.96. The predicted molar refractivity (Wildman–Crippen MR) is 222 cm³/mol. The normalized spacial score (nSPS) is 17.5. The number of piperidine rings is 1. The lowest BCUT2D eigenvalue weighted by atomic mass is 9.94. The molecule has 1 fully saturated rings. The lowest BCUT2D eigenvalue weighted by Crippen LogP contribution is -2.52. The maximum Gasteiger partial charge on any atom is 0.270 e. The molecule has 3 aromatic heterocycles. The summed E-state index contributed by atoms with van der Waals surface area (Å²) in [6.07, 6.45) is 5.17. The zero-order valence-electron chi connectivity index (χ0n) is 32.8. The number of rotatable bonds is 8. The third-order valence-corrected chi connectivity index (χ3v) is 11.4. The van der Waals surface area contributed by atoms with Gasteiger partial charge in [0.2, 0.25) is 17.7 Å². The number of amides is 5. The van der Waals surface area contributed by atoms with Gasteiger partial charge in [-0.1, -0.05) is 37.3 Å². The second-order valence-electron chi connectivity index (χ2n) is 15.3. The van der Waals surface area contributed by atoms with Crippen molar-refractivity contribution in [1.82, 2.24) is 35.3 Å². The Kier molecular flexibility index (Phi) is 9.46. The maximum atomic E-state index is 13.4. The molecule has 5 amide bonds. The highest BCUT2D eigenvalue weighted by Gasteiger charge is 2.40. The predicted octanol–water partition coefficient (Wildman–Crippen LogP) is 5.76. The molecule has 3 aliphatic heterocycles. The summed E-state index contributed by atoms with van der Waals surface area (Å²) in [5, 5.41) is 18.6. The number of pyridine rings is 2. The fraction of sp³-hybridized carbons (Fsp3) is 0.244. The molecule has 9 rings (SSSR count). The quantitative estimate of drug-likeness (QED) is 0.140. The number of hydrogen-bond donors (Lipinski definition) is 4. The van der Waals surface area contributed by atoms with E-state index in [0.29, 0.717) is 23.4 Å². The molecule has 0 radical (unpaired) electrons. The van der Waals surface area contributed by atoms with Crippen LogP contribution in [0.25, 0.3) is 44.4 Å². The second kappa shape index (κ2) is 14.9. The van der Waals surface area contributed by atoms with E-state index in [1.165, 1.54) is 4.90 Å². The first-order chi connectivity index (χ1) is 28.5. The van der Waals surface area contributed by atoms with Crippen LogP contribution in [0, 0.1) is 0 Å². The fourth-order valence-corrected chi connectivity index (χ4v) is 8.28. The molecule has 0 aliphatic carbocycles. The topological polar surface area (TPSA) is 180 Å². The van der Waals surface area contributed by atoms with Gasteiger partial charge < -0.3 is 20.9 Å². The highest BCUT2D eigenvalue weighted by Crippen LogP contribution is 2.41. The number of fused-ring (bicyclic) bond motifs is 3. The van der Waals surface area contributed by atoms with Gasteiger partial charge in [0.1, 0.15) is 11.7 Å². The molecule has 6 aromatic rings. The van der Waals surface area contributed by atoms with Crippen molar-refractivity contribution in [2.45, 2.75) is 64.7 Å². The fourth-order valence-electron chi connectivity index (χ4n) is 8.28. The Morgan fingerprint density at radius 3 is 2.47 bits per heavy atom. The lowest BCUT2D eigenvalue weighted by Gasteiger charge is -2.29. The van der Waals surface area contributed by atoms with Gasteiger partial charge >= 0.3 is 0 Å². The molecule has 3 aromatic carbocycles.